The molecule has 0 saturated carbocycles. The van der Waals surface area contributed by atoms with Gasteiger partial charge in [-0.2, -0.15) is 9.57 Å². The summed E-state index contributed by atoms with van der Waals surface area (Å²) in [5.41, 5.74) is 0.440. The van der Waals surface area contributed by atoms with Gasteiger partial charge in [-0.15, -0.1) is 0 Å². The molecular weight excluding hydrogens is 471 g/mol. The van der Waals surface area contributed by atoms with Crippen LogP contribution in [0.15, 0.2) is 54.2 Å². The molecule has 1 aromatic carbocycles. The molecule has 184 valence electrons. The van der Waals surface area contributed by atoms with Crippen LogP contribution in [-0.4, -0.2) is 65.0 Å². The molecule has 0 spiro atoms. The molecule has 4 rings (SSSR count). The third kappa shape index (κ3) is 5.93. The van der Waals surface area contributed by atoms with Crippen LogP contribution in [0.3, 0.4) is 0 Å². The molecule has 0 amide bonds. The van der Waals surface area contributed by atoms with Gasteiger partial charge in [0, 0.05) is 58.4 Å². The van der Waals surface area contributed by atoms with Crippen molar-refractivity contribution in [3.8, 4) is 6.07 Å². The van der Waals surface area contributed by atoms with Gasteiger partial charge in [-0.05, 0) is 43.0 Å². The summed E-state index contributed by atoms with van der Waals surface area (Å²) in [6.07, 6.45) is 7.94. The van der Waals surface area contributed by atoms with Gasteiger partial charge in [0.25, 0.3) is 10.0 Å². The summed E-state index contributed by atoms with van der Waals surface area (Å²) in [6.45, 7) is 2.15. The fourth-order valence-electron chi connectivity index (χ4n) is 4.07. The summed E-state index contributed by atoms with van der Waals surface area (Å²) >= 11 is 0. The number of aryl methyl sites for hydroxylation is 1. The number of benzene rings is 1. The van der Waals surface area contributed by atoms with Crippen molar-refractivity contribution < 1.29 is 12.8 Å². The Hall–Kier alpha value is -3.56. The molecule has 2 aromatic heterocycles. The average molecular weight is 499 g/mol. The van der Waals surface area contributed by atoms with Gasteiger partial charge in [-0.25, -0.2) is 27.8 Å². The Kier molecular flexibility index (Phi) is 7.57. The highest BCUT2D eigenvalue weighted by molar-refractivity contribution is 7.89. The summed E-state index contributed by atoms with van der Waals surface area (Å²) in [5, 5.41) is 11.8. The fourth-order valence-corrected chi connectivity index (χ4v) is 5.55. The van der Waals surface area contributed by atoms with Crippen molar-refractivity contribution in [3.05, 3.63) is 60.6 Å². The molecular formula is C23H27FN8O2S. The molecule has 3 aromatic rings. The van der Waals surface area contributed by atoms with Gasteiger partial charge in [-0.3, -0.25) is 0 Å². The van der Waals surface area contributed by atoms with Crippen molar-refractivity contribution in [3.63, 3.8) is 0 Å². The number of anilines is 2. The first kappa shape index (κ1) is 24.6. The van der Waals surface area contributed by atoms with Crippen LogP contribution >= 0.6 is 0 Å². The Morgan fingerprint density at radius 3 is 2.60 bits per heavy atom. The minimum Gasteiger partial charge on any atom is -0.381 e. The second kappa shape index (κ2) is 10.8. The second-order valence-electron chi connectivity index (χ2n) is 8.45. The summed E-state index contributed by atoms with van der Waals surface area (Å²) in [5.74, 6) is 0.274. The van der Waals surface area contributed by atoms with E-state index in [-0.39, 0.29) is 35.3 Å². The van der Waals surface area contributed by atoms with Crippen molar-refractivity contribution in [1.29, 1.82) is 5.26 Å². The van der Waals surface area contributed by atoms with E-state index in [0.717, 1.165) is 32.0 Å². The highest BCUT2D eigenvalue weighted by Crippen LogP contribution is 2.24. The minimum absolute atomic E-state index is 0.0142. The number of rotatable bonds is 9. The largest absolute Gasteiger partial charge is 0.381 e. The monoisotopic (exact) mass is 498 g/mol. The van der Waals surface area contributed by atoms with Gasteiger partial charge in [0.1, 0.15) is 5.82 Å². The third-order valence-corrected chi connectivity index (χ3v) is 7.72. The quantitative estimate of drug-likeness (QED) is 0.477. The van der Waals surface area contributed by atoms with Crippen molar-refractivity contribution >= 4 is 21.7 Å². The number of nitrogens with one attached hydrogen (secondary N) is 1. The zero-order valence-electron chi connectivity index (χ0n) is 19.4. The van der Waals surface area contributed by atoms with Gasteiger partial charge in [-0.1, -0.05) is 0 Å². The van der Waals surface area contributed by atoms with E-state index in [1.807, 2.05) is 6.07 Å². The molecule has 0 atom stereocenters. The maximum Gasteiger partial charge on any atom is 0.262 e. The van der Waals surface area contributed by atoms with Gasteiger partial charge in [0.15, 0.2) is 5.03 Å². The lowest BCUT2D eigenvalue weighted by molar-refractivity contribution is 0.304. The van der Waals surface area contributed by atoms with Crippen LogP contribution in [0.1, 0.15) is 18.4 Å². The lowest BCUT2D eigenvalue weighted by Crippen LogP contribution is -2.43. The molecule has 0 aliphatic carbocycles. The van der Waals surface area contributed by atoms with Crippen LogP contribution in [0.5, 0.6) is 0 Å². The number of hydrogen-bond donors (Lipinski definition) is 1. The van der Waals surface area contributed by atoms with Crippen LogP contribution in [-0.2, 0) is 17.1 Å². The number of piperidine rings is 1. The third-order valence-electron chi connectivity index (χ3n) is 5.97. The first-order valence-electron chi connectivity index (χ1n) is 11.3. The number of hydrogen-bond acceptors (Lipinski definition) is 8. The molecule has 0 radical (unpaired) electrons. The molecule has 0 bridgehead atoms. The first-order chi connectivity index (χ1) is 16.9. The van der Waals surface area contributed by atoms with Crippen LogP contribution in [0.25, 0.3) is 0 Å². The Labute approximate surface area is 204 Å². The Bertz CT molecular complexity index is 1280. The maximum atomic E-state index is 14.2. The molecule has 35 heavy (non-hydrogen) atoms. The van der Waals surface area contributed by atoms with E-state index >= 15 is 0 Å². The Morgan fingerprint density at radius 1 is 1.23 bits per heavy atom. The van der Waals surface area contributed by atoms with Crippen LogP contribution < -0.4 is 10.2 Å². The summed E-state index contributed by atoms with van der Waals surface area (Å²) in [4.78, 5) is 14.7. The van der Waals surface area contributed by atoms with E-state index in [2.05, 4.69) is 25.2 Å². The molecule has 1 aliphatic heterocycles. The normalized spacial score (nSPS) is 14.7. The lowest BCUT2D eigenvalue weighted by Gasteiger charge is -2.34. The van der Waals surface area contributed by atoms with Crippen LogP contribution in [0.4, 0.5) is 16.0 Å². The van der Waals surface area contributed by atoms with E-state index in [1.54, 1.807) is 30.1 Å². The van der Waals surface area contributed by atoms with Crippen LogP contribution in [0.2, 0.25) is 0 Å². The molecule has 12 heteroatoms. The smallest absolute Gasteiger partial charge is 0.262 e. The maximum absolute atomic E-state index is 14.2. The number of sulfonamides is 1. The fraction of sp³-hybridized carbons (Fsp3) is 0.391. The predicted octanol–water partition coefficient (Wildman–Crippen LogP) is 2.24. The SMILES string of the molecule is Cn1cnc(S(=O)(=O)N(CCNc2ccc(C#N)cc2F)CC2CCN(c3ncccn3)CC2)c1. The Morgan fingerprint density at radius 2 is 1.97 bits per heavy atom. The summed E-state index contributed by atoms with van der Waals surface area (Å²) in [7, 11) is -2.12. The molecule has 3 heterocycles. The number of nitriles is 1. The lowest BCUT2D eigenvalue weighted by atomic mass is 9.97. The number of halogens is 1. The first-order valence-corrected chi connectivity index (χ1v) is 12.7. The standard InChI is InChI=1S/C23H27FN8O2S/c1-30-16-22(29-17-30)35(33,34)32(12-9-26-21-4-3-19(14-25)13-20(21)24)15-18-5-10-31(11-6-18)23-27-7-2-8-28-23/h2-4,7-8,13,16-18,26H,5-6,9-12,15H2,1H3. The minimum atomic E-state index is -3.83. The van der Waals surface area contributed by atoms with Gasteiger partial charge in [0.05, 0.1) is 23.6 Å². The highest BCUT2D eigenvalue weighted by Gasteiger charge is 2.31. The van der Waals surface area contributed by atoms with Gasteiger partial charge < -0.3 is 14.8 Å². The van der Waals surface area contributed by atoms with Crippen molar-refractivity contribution in [2.75, 3.05) is 42.9 Å². The molecule has 1 N–H and O–H groups in total. The Balaban J connectivity index is 1.43. The zero-order valence-corrected chi connectivity index (χ0v) is 20.2. The summed E-state index contributed by atoms with van der Waals surface area (Å²) in [6, 6.07) is 7.80. The average Bonchev–Trinajstić information content (AvgIpc) is 3.32. The topological polar surface area (TPSA) is 120 Å². The van der Waals surface area contributed by atoms with Crippen molar-refractivity contribution in [2.24, 2.45) is 13.0 Å². The van der Waals surface area contributed by atoms with E-state index in [0.29, 0.717) is 12.5 Å². The predicted molar refractivity (Wildman–Crippen MR) is 129 cm³/mol. The zero-order chi connectivity index (χ0) is 24.8. The van der Waals surface area contributed by atoms with E-state index in [1.165, 1.54) is 29.0 Å². The second-order valence-corrected chi connectivity index (χ2v) is 10.3. The van der Waals surface area contributed by atoms with Gasteiger partial charge >= 0.3 is 0 Å². The molecule has 1 fully saturated rings. The molecule has 1 saturated heterocycles. The van der Waals surface area contributed by atoms with E-state index < -0.39 is 15.8 Å². The molecule has 1 aliphatic rings. The number of nitrogens with zero attached hydrogens (tertiary/aromatic N) is 7. The number of aromatic nitrogens is 4. The van der Waals surface area contributed by atoms with Crippen molar-refractivity contribution in [1.82, 2.24) is 23.8 Å². The molecule has 10 nitrogen and oxygen atoms in total. The number of imidazole rings is 1. The highest BCUT2D eigenvalue weighted by atomic mass is 32.2. The summed E-state index contributed by atoms with van der Waals surface area (Å²) < 4.78 is 44.0. The van der Waals surface area contributed by atoms with Crippen molar-refractivity contribution in [2.45, 2.75) is 17.9 Å². The molecule has 0 unspecified atom stereocenters. The van der Waals surface area contributed by atoms with Gasteiger partial charge in [0.2, 0.25) is 5.95 Å². The van der Waals surface area contributed by atoms with Crippen LogP contribution in [0, 0.1) is 23.1 Å². The van der Waals surface area contributed by atoms with E-state index in [4.69, 9.17) is 5.26 Å². The van der Waals surface area contributed by atoms with E-state index in [9.17, 15) is 12.8 Å².